The van der Waals surface area contributed by atoms with E-state index in [9.17, 15) is 4.79 Å². The summed E-state index contributed by atoms with van der Waals surface area (Å²) in [6.07, 6.45) is 4.45. The zero-order chi connectivity index (χ0) is 24.5. The Morgan fingerprint density at radius 2 is 1.83 bits per heavy atom. The van der Waals surface area contributed by atoms with Gasteiger partial charge in [0.05, 0.1) is 18.5 Å². The number of benzene rings is 3. The van der Waals surface area contributed by atoms with Gasteiger partial charge in [0, 0.05) is 41.4 Å². The Kier molecular flexibility index (Phi) is 5.87. The van der Waals surface area contributed by atoms with Gasteiger partial charge < -0.3 is 9.32 Å². The van der Waals surface area contributed by atoms with Crippen LogP contribution in [0.15, 0.2) is 101 Å². The van der Waals surface area contributed by atoms with Gasteiger partial charge in [-0.25, -0.2) is 4.98 Å². The van der Waals surface area contributed by atoms with Crippen LogP contribution < -0.4 is 0 Å². The molecule has 3 aromatic heterocycles. The fourth-order valence-corrected chi connectivity index (χ4v) is 5.38. The fraction of sp³-hybridized carbons (Fsp3) is 0.133. The van der Waals surface area contributed by atoms with E-state index in [0.29, 0.717) is 25.1 Å². The van der Waals surface area contributed by atoms with E-state index >= 15 is 0 Å². The average Bonchev–Trinajstić information content (AvgIpc) is 3.65. The predicted octanol–water partition coefficient (Wildman–Crippen LogP) is 7.00. The normalized spacial score (nSPS) is 11.4. The highest BCUT2D eigenvalue weighted by atomic mass is 32.1. The minimum Gasteiger partial charge on any atom is -0.467 e. The van der Waals surface area contributed by atoms with Crippen molar-refractivity contribution in [3.05, 3.63) is 119 Å². The van der Waals surface area contributed by atoms with E-state index in [2.05, 4.69) is 53.2 Å². The first-order valence-electron chi connectivity index (χ1n) is 12.0. The Morgan fingerprint density at radius 3 is 2.64 bits per heavy atom. The molecular formula is C30H25N3O2S. The molecule has 36 heavy (non-hydrogen) atoms. The molecule has 0 saturated heterocycles. The van der Waals surface area contributed by atoms with Crippen molar-refractivity contribution in [2.75, 3.05) is 6.54 Å². The third kappa shape index (κ3) is 4.43. The standard InChI is InChI=1S/C30H25N3O2S/c1-21-8-10-23(11-9-21)28-19-33-26(20-36-30(33)31-28)14-15-32(18-27-7-4-16-35-27)29(34)25-13-12-22-5-2-3-6-24(22)17-25/h2-13,16-17,19-20H,14-15,18H2,1H3. The number of fused-ring (bicyclic) bond motifs is 2. The van der Waals surface area contributed by atoms with Gasteiger partial charge in [0.1, 0.15) is 5.76 Å². The van der Waals surface area contributed by atoms with Crippen LogP contribution in [0, 0.1) is 6.92 Å². The number of carbonyl (C=O) groups is 1. The molecule has 3 aromatic carbocycles. The summed E-state index contributed by atoms with van der Waals surface area (Å²) in [7, 11) is 0. The lowest BCUT2D eigenvalue weighted by atomic mass is 10.1. The molecule has 6 heteroatoms. The summed E-state index contributed by atoms with van der Waals surface area (Å²) in [4.78, 5) is 21.3. The van der Waals surface area contributed by atoms with Crippen LogP contribution in [-0.4, -0.2) is 26.7 Å². The van der Waals surface area contributed by atoms with Gasteiger partial charge >= 0.3 is 0 Å². The van der Waals surface area contributed by atoms with Crippen molar-refractivity contribution >= 4 is 33.0 Å². The van der Waals surface area contributed by atoms with Crippen molar-refractivity contribution in [2.24, 2.45) is 0 Å². The first-order valence-corrected chi connectivity index (χ1v) is 12.8. The maximum Gasteiger partial charge on any atom is 0.254 e. The zero-order valence-corrected chi connectivity index (χ0v) is 20.7. The fourth-order valence-electron chi connectivity index (χ4n) is 4.47. The molecule has 6 rings (SSSR count). The number of furan rings is 1. The minimum atomic E-state index is -0.00500. The van der Waals surface area contributed by atoms with Gasteiger partial charge in [-0.1, -0.05) is 60.2 Å². The summed E-state index contributed by atoms with van der Waals surface area (Å²) in [6.45, 7) is 3.07. The van der Waals surface area contributed by atoms with Crippen LogP contribution in [0.3, 0.4) is 0 Å². The van der Waals surface area contributed by atoms with E-state index in [1.807, 2.05) is 53.4 Å². The lowest BCUT2D eigenvalue weighted by Crippen LogP contribution is -2.32. The number of hydrogen-bond donors (Lipinski definition) is 0. The second-order valence-corrected chi connectivity index (χ2v) is 9.83. The molecule has 5 nitrogen and oxygen atoms in total. The minimum absolute atomic E-state index is 0.00500. The van der Waals surface area contributed by atoms with Gasteiger partial charge in [0.2, 0.25) is 0 Å². The number of aromatic nitrogens is 2. The van der Waals surface area contributed by atoms with E-state index < -0.39 is 0 Å². The Hall–Kier alpha value is -4.16. The Morgan fingerprint density at radius 1 is 1.00 bits per heavy atom. The van der Waals surface area contributed by atoms with Crippen molar-refractivity contribution in [1.82, 2.24) is 14.3 Å². The molecule has 0 aliphatic carbocycles. The van der Waals surface area contributed by atoms with Gasteiger partial charge in [0.25, 0.3) is 5.91 Å². The van der Waals surface area contributed by atoms with Crippen LogP contribution in [-0.2, 0) is 13.0 Å². The number of imidazole rings is 1. The molecule has 0 aliphatic rings. The maximum absolute atomic E-state index is 13.6. The van der Waals surface area contributed by atoms with Crippen molar-refractivity contribution < 1.29 is 9.21 Å². The quantitative estimate of drug-likeness (QED) is 0.242. The lowest BCUT2D eigenvalue weighted by Gasteiger charge is -2.22. The maximum atomic E-state index is 13.6. The van der Waals surface area contributed by atoms with E-state index in [0.717, 1.165) is 38.4 Å². The Labute approximate surface area is 213 Å². The number of rotatable bonds is 7. The third-order valence-electron chi connectivity index (χ3n) is 6.48. The summed E-state index contributed by atoms with van der Waals surface area (Å²) in [5.41, 5.74) is 5.11. The van der Waals surface area contributed by atoms with Crippen LogP contribution >= 0.6 is 11.3 Å². The highest BCUT2D eigenvalue weighted by Gasteiger charge is 2.19. The first-order chi connectivity index (χ1) is 17.6. The Bertz CT molecular complexity index is 1650. The number of carbonyl (C=O) groups excluding carboxylic acids is 1. The topological polar surface area (TPSA) is 50.8 Å². The van der Waals surface area contributed by atoms with Crippen molar-refractivity contribution in [3.63, 3.8) is 0 Å². The molecule has 0 atom stereocenters. The molecular weight excluding hydrogens is 466 g/mol. The third-order valence-corrected chi connectivity index (χ3v) is 7.37. The predicted molar refractivity (Wildman–Crippen MR) is 144 cm³/mol. The summed E-state index contributed by atoms with van der Waals surface area (Å²) in [6, 6.07) is 26.2. The van der Waals surface area contributed by atoms with Gasteiger partial charge in [0.15, 0.2) is 4.96 Å². The molecule has 0 bridgehead atoms. The highest BCUT2D eigenvalue weighted by Crippen LogP contribution is 2.25. The first kappa shape index (κ1) is 22.3. The second kappa shape index (κ2) is 9.47. The summed E-state index contributed by atoms with van der Waals surface area (Å²) < 4.78 is 7.73. The molecule has 0 aliphatic heterocycles. The van der Waals surface area contributed by atoms with Crippen molar-refractivity contribution in [3.8, 4) is 11.3 Å². The monoisotopic (exact) mass is 491 g/mol. The number of amides is 1. The molecule has 0 unspecified atom stereocenters. The van der Waals surface area contributed by atoms with Crippen molar-refractivity contribution in [2.45, 2.75) is 19.9 Å². The molecule has 6 aromatic rings. The van der Waals surface area contributed by atoms with E-state index in [1.165, 1.54) is 5.56 Å². The number of nitrogens with zero attached hydrogens (tertiary/aromatic N) is 3. The largest absolute Gasteiger partial charge is 0.467 e. The zero-order valence-electron chi connectivity index (χ0n) is 19.9. The van der Waals surface area contributed by atoms with Gasteiger partial charge in [-0.05, 0) is 42.0 Å². The number of thiazole rings is 1. The van der Waals surface area contributed by atoms with Crippen molar-refractivity contribution in [1.29, 1.82) is 0 Å². The summed E-state index contributed by atoms with van der Waals surface area (Å²) >= 11 is 1.63. The highest BCUT2D eigenvalue weighted by molar-refractivity contribution is 7.15. The molecule has 0 saturated carbocycles. The number of aryl methyl sites for hydroxylation is 1. The van der Waals surface area contributed by atoms with Crippen LogP contribution in [0.2, 0.25) is 0 Å². The van der Waals surface area contributed by atoms with E-state index in [4.69, 9.17) is 9.40 Å². The second-order valence-electron chi connectivity index (χ2n) is 8.99. The molecule has 0 fully saturated rings. The SMILES string of the molecule is Cc1ccc(-c2cn3c(CCN(Cc4ccco4)C(=O)c4ccc5ccccc5c4)csc3n2)cc1. The molecule has 3 heterocycles. The molecule has 0 radical (unpaired) electrons. The van der Waals surface area contributed by atoms with Crippen LogP contribution in [0.1, 0.15) is 27.4 Å². The van der Waals surface area contributed by atoms with Gasteiger partial charge in [-0.3, -0.25) is 9.20 Å². The van der Waals surface area contributed by atoms with E-state index in [1.54, 1.807) is 17.6 Å². The lowest BCUT2D eigenvalue weighted by molar-refractivity contribution is 0.0733. The molecule has 178 valence electrons. The van der Waals surface area contributed by atoms with Crippen LogP contribution in [0.5, 0.6) is 0 Å². The summed E-state index contributed by atoms with van der Waals surface area (Å²) in [5.74, 6) is 0.762. The molecule has 0 spiro atoms. The number of hydrogen-bond acceptors (Lipinski definition) is 4. The average molecular weight is 492 g/mol. The van der Waals surface area contributed by atoms with Gasteiger partial charge in [-0.15, -0.1) is 11.3 Å². The van der Waals surface area contributed by atoms with Crippen LogP contribution in [0.4, 0.5) is 0 Å². The molecule has 0 N–H and O–H groups in total. The van der Waals surface area contributed by atoms with E-state index in [-0.39, 0.29) is 5.91 Å². The Balaban J connectivity index is 1.26. The van der Waals surface area contributed by atoms with Gasteiger partial charge in [-0.2, -0.15) is 0 Å². The smallest absolute Gasteiger partial charge is 0.254 e. The van der Waals surface area contributed by atoms with Crippen LogP contribution in [0.25, 0.3) is 27.0 Å². The molecule has 1 amide bonds. The summed E-state index contributed by atoms with van der Waals surface area (Å²) in [5, 5.41) is 4.31.